The fourth-order valence-corrected chi connectivity index (χ4v) is 1.97. The molecule has 0 aliphatic rings. The van der Waals surface area contributed by atoms with Crippen LogP contribution in [0.3, 0.4) is 0 Å². The first-order valence-electron chi connectivity index (χ1n) is 7.24. The lowest BCUT2D eigenvalue weighted by atomic mass is 10.2. The zero-order valence-electron chi connectivity index (χ0n) is 13.2. The van der Waals surface area contributed by atoms with Crippen molar-refractivity contribution in [3.63, 3.8) is 0 Å². The lowest BCUT2D eigenvalue weighted by Gasteiger charge is -2.10. The summed E-state index contributed by atoms with van der Waals surface area (Å²) >= 11 is 5.84. The van der Waals surface area contributed by atoms with Gasteiger partial charge in [0.15, 0.2) is 0 Å². The van der Waals surface area contributed by atoms with Gasteiger partial charge in [0.25, 0.3) is 5.91 Å². The predicted octanol–water partition coefficient (Wildman–Crippen LogP) is 4.32. The van der Waals surface area contributed by atoms with Gasteiger partial charge < -0.3 is 14.9 Å². The van der Waals surface area contributed by atoms with Gasteiger partial charge in [-0.1, -0.05) is 22.8 Å². The van der Waals surface area contributed by atoms with Crippen LogP contribution >= 0.6 is 11.6 Å². The van der Waals surface area contributed by atoms with E-state index in [1.807, 2.05) is 0 Å². The average molecular weight is 369 g/mol. The fourth-order valence-electron chi connectivity index (χ4n) is 1.78. The first-order chi connectivity index (χ1) is 11.9. The molecule has 25 heavy (non-hydrogen) atoms. The van der Waals surface area contributed by atoms with Crippen LogP contribution in [0, 0.1) is 0 Å². The van der Waals surface area contributed by atoms with E-state index in [0.29, 0.717) is 16.3 Å². The number of carbonyl (C=O) groups excluding carboxylic acids is 1. The summed E-state index contributed by atoms with van der Waals surface area (Å²) in [4.78, 5) is 17.1. The number of rotatable bonds is 7. The number of oxime groups is 1. The van der Waals surface area contributed by atoms with Gasteiger partial charge >= 0.3 is 6.61 Å². The van der Waals surface area contributed by atoms with Gasteiger partial charge in [0.1, 0.15) is 5.75 Å². The number of anilines is 1. The first kappa shape index (κ1) is 18.7. The topological polar surface area (TPSA) is 59.9 Å². The van der Waals surface area contributed by atoms with Crippen molar-refractivity contribution in [3.05, 3.63) is 59.1 Å². The Morgan fingerprint density at radius 2 is 1.96 bits per heavy atom. The van der Waals surface area contributed by atoms with E-state index in [2.05, 4.69) is 15.2 Å². The maximum atomic E-state index is 12.1. The van der Waals surface area contributed by atoms with E-state index in [9.17, 15) is 13.6 Å². The van der Waals surface area contributed by atoms with Crippen LogP contribution in [0.15, 0.2) is 53.7 Å². The Kier molecular flexibility index (Phi) is 6.71. The molecular weight excluding hydrogens is 354 g/mol. The molecule has 0 aromatic heterocycles. The molecule has 1 atom stereocenters. The Hall–Kier alpha value is -2.67. The Labute approximate surface area is 148 Å². The molecule has 2 rings (SSSR count). The monoisotopic (exact) mass is 368 g/mol. The van der Waals surface area contributed by atoms with Gasteiger partial charge in [-0.05, 0) is 55.0 Å². The van der Waals surface area contributed by atoms with Crippen molar-refractivity contribution in [1.29, 1.82) is 0 Å². The average Bonchev–Trinajstić information content (AvgIpc) is 2.56. The van der Waals surface area contributed by atoms with Crippen LogP contribution in [0.1, 0.15) is 12.5 Å². The highest BCUT2D eigenvalue weighted by Crippen LogP contribution is 2.16. The van der Waals surface area contributed by atoms with E-state index in [1.54, 1.807) is 24.3 Å². The second-order valence-electron chi connectivity index (χ2n) is 4.93. The number of ether oxygens (including phenoxy) is 1. The van der Waals surface area contributed by atoms with Gasteiger partial charge in [-0.15, -0.1) is 0 Å². The van der Waals surface area contributed by atoms with E-state index in [4.69, 9.17) is 16.4 Å². The van der Waals surface area contributed by atoms with Crippen LogP contribution in [0.2, 0.25) is 5.02 Å². The lowest BCUT2D eigenvalue weighted by Crippen LogP contribution is -2.26. The molecule has 0 heterocycles. The van der Waals surface area contributed by atoms with Gasteiger partial charge in [-0.3, -0.25) is 4.79 Å². The minimum Gasteiger partial charge on any atom is -0.435 e. The van der Waals surface area contributed by atoms with Crippen molar-refractivity contribution >= 4 is 29.4 Å². The molecule has 0 spiro atoms. The molecule has 0 unspecified atom stereocenters. The molecule has 8 heteroatoms. The summed E-state index contributed by atoms with van der Waals surface area (Å²) < 4.78 is 28.3. The Balaban J connectivity index is 1.85. The quantitative estimate of drug-likeness (QED) is 0.585. The smallest absolute Gasteiger partial charge is 0.387 e. The van der Waals surface area contributed by atoms with Gasteiger partial charge in [-0.2, -0.15) is 8.78 Å². The summed E-state index contributed by atoms with van der Waals surface area (Å²) in [6, 6.07) is 12.5. The summed E-state index contributed by atoms with van der Waals surface area (Å²) in [7, 11) is 0. The fraction of sp³-hybridized carbons (Fsp3) is 0.176. The van der Waals surface area contributed by atoms with Crippen molar-refractivity contribution in [2.24, 2.45) is 5.16 Å². The van der Waals surface area contributed by atoms with Crippen LogP contribution < -0.4 is 10.1 Å². The van der Waals surface area contributed by atoms with Crippen molar-refractivity contribution in [2.45, 2.75) is 19.6 Å². The van der Waals surface area contributed by atoms with Crippen LogP contribution in [-0.2, 0) is 9.63 Å². The third kappa shape index (κ3) is 6.39. The van der Waals surface area contributed by atoms with Gasteiger partial charge in [0.2, 0.25) is 6.10 Å². The molecule has 1 N–H and O–H groups in total. The maximum Gasteiger partial charge on any atom is 0.387 e. The molecule has 0 aliphatic heterocycles. The molecule has 1 amide bonds. The Morgan fingerprint density at radius 1 is 1.24 bits per heavy atom. The Morgan fingerprint density at radius 3 is 2.60 bits per heavy atom. The first-order valence-corrected chi connectivity index (χ1v) is 7.62. The number of benzene rings is 2. The molecule has 0 aliphatic carbocycles. The molecule has 2 aromatic rings. The van der Waals surface area contributed by atoms with Crippen molar-refractivity contribution in [1.82, 2.24) is 0 Å². The van der Waals surface area contributed by atoms with Crippen molar-refractivity contribution in [2.75, 3.05) is 5.32 Å². The van der Waals surface area contributed by atoms with E-state index < -0.39 is 12.7 Å². The van der Waals surface area contributed by atoms with Gasteiger partial charge in [0.05, 0.1) is 6.21 Å². The summed E-state index contributed by atoms with van der Waals surface area (Å²) in [6.07, 6.45) is 0.520. The zero-order valence-corrected chi connectivity index (χ0v) is 13.9. The number of carbonyl (C=O) groups is 1. The minimum atomic E-state index is -2.87. The normalized spacial score (nSPS) is 12.2. The highest BCUT2D eigenvalue weighted by molar-refractivity contribution is 6.30. The number of amides is 1. The molecule has 0 fully saturated rings. The SMILES string of the molecule is C[C@H](O/N=C\c1ccc(OC(F)F)cc1)C(=O)Nc1cccc(Cl)c1. The second-order valence-corrected chi connectivity index (χ2v) is 5.37. The minimum absolute atomic E-state index is 0.0438. The summed E-state index contributed by atoms with van der Waals surface area (Å²) in [5, 5.41) is 6.86. The lowest BCUT2D eigenvalue weighted by molar-refractivity contribution is -0.126. The molecule has 0 radical (unpaired) electrons. The van der Waals surface area contributed by atoms with Crippen molar-refractivity contribution < 1.29 is 23.1 Å². The molecule has 0 saturated heterocycles. The van der Waals surface area contributed by atoms with E-state index in [0.717, 1.165) is 0 Å². The van der Waals surface area contributed by atoms with E-state index in [1.165, 1.54) is 37.4 Å². The number of nitrogens with zero attached hydrogens (tertiary/aromatic N) is 1. The molecule has 0 saturated carbocycles. The number of halogens is 3. The molecule has 132 valence electrons. The molecule has 0 bridgehead atoms. The number of alkyl halides is 2. The summed E-state index contributed by atoms with van der Waals surface area (Å²) in [5.41, 5.74) is 1.15. The number of hydrogen-bond donors (Lipinski definition) is 1. The van der Waals surface area contributed by atoms with Crippen LogP contribution in [0.4, 0.5) is 14.5 Å². The van der Waals surface area contributed by atoms with Gasteiger partial charge in [0, 0.05) is 10.7 Å². The van der Waals surface area contributed by atoms with Crippen LogP contribution in [0.5, 0.6) is 5.75 Å². The summed E-state index contributed by atoms with van der Waals surface area (Å²) in [6.45, 7) is -1.33. The molecule has 5 nitrogen and oxygen atoms in total. The molecule has 2 aromatic carbocycles. The van der Waals surface area contributed by atoms with E-state index >= 15 is 0 Å². The zero-order chi connectivity index (χ0) is 18.2. The van der Waals surface area contributed by atoms with Crippen LogP contribution in [0.25, 0.3) is 0 Å². The molecular formula is C17H15ClF2N2O3. The van der Waals surface area contributed by atoms with Crippen LogP contribution in [-0.4, -0.2) is 24.8 Å². The summed E-state index contributed by atoms with van der Waals surface area (Å²) in [5.74, 6) is -0.345. The highest BCUT2D eigenvalue weighted by atomic mass is 35.5. The third-order valence-electron chi connectivity index (χ3n) is 2.99. The highest BCUT2D eigenvalue weighted by Gasteiger charge is 2.14. The predicted molar refractivity (Wildman–Crippen MR) is 91.3 cm³/mol. The number of hydrogen-bond acceptors (Lipinski definition) is 4. The maximum absolute atomic E-state index is 12.1. The third-order valence-corrected chi connectivity index (χ3v) is 3.22. The van der Waals surface area contributed by atoms with Crippen molar-refractivity contribution in [3.8, 4) is 5.75 Å². The number of nitrogens with one attached hydrogen (secondary N) is 1. The second kappa shape index (κ2) is 8.98. The Bertz CT molecular complexity index is 739. The standard InChI is InChI=1S/C17H15ClF2N2O3/c1-11(16(23)22-14-4-2-3-13(18)9-14)25-21-10-12-5-7-15(8-6-12)24-17(19)20/h2-11,17H,1H3,(H,22,23)/b21-10-/t11-/m0/s1. The van der Waals surface area contributed by atoms with Gasteiger partial charge in [-0.25, -0.2) is 0 Å². The van der Waals surface area contributed by atoms with E-state index in [-0.39, 0.29) is 11.7 Å². The largest absolute Gasteiger partial charge is 0.435 e.